The number of likely N-dealkylation sites (N-methyl/N-ethyl adjacent to an activating group) is 1. The molecule has 0 amide bonds. The van der Waals surface area contributed by atoms with Crippen molar-refractivity contribution in [2.45, 2.75) is 12.6 Å². The van der Waals surface area contributed by atoms with Crippen LogP contribution in [-0.2, 0) is 11.3 Å². The Morgan fingerprint density at radius 1 is 0.833 bits per heavy atom. The zero-order valence-corrected chi connectivity index (χ0v) is 18.6. The molecule has 1 aliphatic rings. The number of halogens is 3. The highest BCUT2D eigenvalue weighted by Crippen LogP contribution is 2.42. The van der Waals surface area contributed by atoms with Crippen LogP contribution in [0.2, 0.25) is 15.1 Å². The van der Waals surface area contributed by atoms with Crippen LogP contribution in [0.5, 0.6) is 0 Å². The van der Waals surface area contributed by atoms with Crippen molar-refractivity contribution in [1.82, 2.24) is 4.90 Å². The lowest BCUT2D eigenvalue weighted by Gasteiger charge is -2.36. The third kappa shape index (κ3) is 4.52. The summed E-state index contributed by atoms with van der Waals surface area (Å²) in [6.45, 7) is 0.488. The predicted molar refractivity (Wildman–Crippen MR) is 126 cm³/mol. The average Bonchev–Trinajstić information content (AvgIpc) is 2.75. The van der Waals surface area contributed by atoms with Crippen molar-refractivity contribution in [1.29, 1.82) is 0 Å². The van der Waals surface area contributed by atoms with Gasteiger partial charge in [0.1, 0.15) is 6.61 Å². The molecule has 0 aromatic heterocycles. The van der Waals surface area contributed by atoms with Gasteiger partial charge in [-0.05, 0) is 52.6 Å². The summed E-state index contributed by atoms with van der Waals surface area (Å²) in [5, 5.41) is 1.92. The SMILES string of the molecule is CN1C(OCc2ccccc2)=CC=C(c2ccc(Cl)cc2)C1c1ccc(Cl)cc1Cl. The second-order valence-electron chi connectivity index (χ2n) is 7.09. The first-order valence-electron chi connectivity index (χ1n) is 9.55. The molecule has 30 heavy (non-hydrogen) atoms. The monoisotopic (exact) mass is 455 g/mol. The molecule has 0 radical (unpaired) electrons. The second-order valence-corrected chi connectivity index (χ2v) is 8.37. The molecule has 0 bridgehead atoms. The van der Waals surface area contributed by atoms with Crippen LogP contribution in [0.3, 0.4) is 0 Å². The summed E-state index contributed by atoms with van der Waals surface area (Å²) in [6, 6.07) is 23.4. The van der Waals surface area contributed by atoms with Crippen LogP contribution in [0.1, 0.15) is 22.7 Å². The second kappa shape index (κ2) is 9.18. The molecule has 2 nitrogen and oxygen atoms in total. The molecule has 0 saturated heterocycles. The standard InChI is InChI=1S/C25H20Cl3NO/c1-29-24(30-16-17-5-3-2-4-6-17)14-13-21(18-7-9-19(26)10-8-18)25(29)22-12-11-20(27)15-23(22)28/h2-15,25H,16H2,1H3. The maximum absolute atomic E-state index is 6.61. The van der Waals surface area contributed by atoms with Gasteiger partial charge in [-0.3, -0.25) is 0 Å². The number of allylic oxidation sites excluding steroid dienone is 2. The van der Waals surface area contributed by atoms with Gasteiger partial charge in [-0.25, -0.2) is 0 Å². The highest BCUT2D eigenvalue weighted by atomic mass is 35.5. The van der Waals surface area contributed by atoms with Crippen LogP contribution in [0.25, 0.3) is 5.57 Å². The summed E-state index contributed by atoms with van der Waals surface area (Å²) >= 11 is 18.9. The third-order valence-corrected chi connectivity index (χ3v) is 5.91. The first-order valence-corrected chi connectivity index (χ1v) is 10.7. The lowest BCUT2D eigenvalue weighted by molar-refractivity contribution is 0.103. The maximum atomic E-state index is 6.61. The minimum atomic E-state index is -0.133. The Hall–Kier alpha value is -2.39. The zero-order valence-electron chi connectivity index (χ0n) is 16.4. The fourth-order valence-corrected chi connectivity index (χ4v) is 4.22. The fraction of sp³-hybridized carbons (Fsp3) is 0.120. The highest BCUT2D eigenvalue weighted by Gasteiger charge is 2.29. The number of rotatable bonds is 5. The molecule has 5 heteroatoms. The Bertz CT molecular complexity index is 1090. The van der Waals surface area contributed by atoms with Gasteiger partial charge >= 0.3 is 0 Å². The van der Waals surface area contributed by atoms with Gasteiger partial charge < -0.3 is 9.64 Å². The molecule has 4 rings (SSSR count). The number of hydrogen-bond acceptors (Lipinski definition) is 2. The smallest absolute Gasteiger partial charge is 0.190 e. The van der Waals surface area contributed by atoms with E-state index in [1.807, 2.05) is 79.9 Å². The Labute approximate surface area is 191 Å². The van der Waals surface area contributed by atoms with Crippen molar-refractivity contribution < 1.29 is 4.74 Å². The molecule has 0 saturated carbocycles. The number of hydrogen-bond donors (Lipinski definition) is 0. The molecule has 0 spiro atoms. The molecule has 0 fully saturated rings. The predicted octanol–water partition coefficient (Wildman–Crippen LogP) is 7.78. The van der Waals surface area contributed by atoms with Crippen LogP contribution in [0, 0.1) is 0 Å². The van der Waals surface area contributed by atoms with Gasteiger partial charge in [0.15, 0.2) is 5.88 Å². The summed E-state index contributed by atoms with van der Waals surface area (Å²) in [5.41, 5.74) is 4.24. The Morgan fingerprint density at radius 3 is 2.23 bits per heavy atom. The largest absolute Gasteiger partial charge is 0.474 e. The van der Waals surface area contributed by atoms with E-state index in [-0.39, 0.29) is 6.04 Å². The molecule has 3 aromatic carbocycles. The van der Waals surface area contributed by atoms with Gasteiger partial charge in [-0.1, -0.05) is 89.4 Å². The van der Waals surface area contributed by atoms with Gasteiger partial charge in [0.2, 0.25) is 0 Å². The summed E-state index contributed by atoms with van der Waals surface area (Å²) in [7, 11) is 2.01. The molecule has 0 aliphatic carbocycles. The van der Waals surface area contributed by atoms with E-state index in [0.29, 0.717) is 21.7 Å². The number of benzene rings is 3. The van der Waals surface area contributed by atoms with E-state index < -0.39 is 0 Å². The van der Waals surface area contributed by atoms with E-state index >= 15 is 0 Å². The first-order chi connectivity index (χ1) is 14.5. The number of nitrogens with zero attached hydrogens (tertiary/aromatic N) is 1. The van der Waals surface area contributed by atoms with Crippen LogP contribution in [0.4, 0.5) is 0 Å². The Balaban J connectivity index is 1.71. The van der Waals surface area contributed by atoms with Crippen LogP contribution < -0.4 is 0 Å². The molecule has 1 unspecified atom stereocenters. The quantitative estimate of drug-likeness (QED) is 0.389. The molecule has 3 aromatic rings. The highest BCUT2D eigenvalue weighted by molar-refractivity contribution is 6.35. The lowest BCUT2D eigenvalue weighted by atomic mass is 9.90. The van der Waals surface area contributed by atoms with E-state index in [2.05, 4.69) is 11.0 Å². The number of ether oxygens (including phenoxy) is 1. The zero-order chi connectivity index (χ0) is 21.1. The van der Waals surface area contributed by atoms with Crippen molar-refractivity contribution in [3.8, 4) is 0 Å². The third-order valence-electron chi connectivity index (χ3n) is 5.10. The van der Waals surface area contributed by atoms with Gasteiger partial charge in [0, 0.05) is 22.1 Å². The average molecular weight is 457 g/mol. The fourth-order valence-electron chi connectivity index (χ4n) is 3.58. The Kier molecular flexibility index (Phi) is 6.38. The molecular formula is C25H20Cl3NO. The van der Waals surface area contributed by atoms with Crippen LogP contribution in [0.15, 0.2) is 90.8 Å². The minimum Gasteiger partial charge on any atom is -0.474 e. The topological polar surface area (TPSA) is 12.5 Å². The first kappa shape index (κ1) is 20.9. The van der Waals surface area contributed by atoms with E-state index in [1.165, 1.54) is 0 Å². The van der Waals surface area contributed by atoms with Crippen LogP contribution >= 0.6 is 34.8 Å². The summed E-state index contributed by atoms with van der Waals surface area (Å²) in [6.07, 6.45) is 4.08. The summed E-state index contributed by atoms with van der Waals surface area (Å²) in [5.74, 6) is 0.771. The maximum Gasteiger partial charge on any atom is 0.190 e. The van der Waals surface area contributed by atoms with Crippen molar-refractivity contribution in [3.05, 3.63) is 123 Å². The van der Waals surface area contributed by atoms with Gasteiger partial charge in [0.05, 0.1) is 6.04 Å². The summed E-state index contributed by atoms with van der Waals surface area (Å²) in [4.78, 5) is 2.10. The van der Waals surface area contributed by atoms with Crippen LogP contribution in [-0.4, -0.2) is 11.9 Å². The molecular weight excluding hydrogens is 437 g/mol. The van der Waals surface area contributed by atoms with E-state index in [4.69, 9.17) is 39.5 Å². The van der Waals surface area contributed by atoms with Gasteiger partial charge in [0.25, 0.3) is 0 Å². The molecule has 1 aliphatic heterocycles. The van der Waals surface area contributed by atoms with Gasteiger partial charge in [-0.15, -0.1) is 0 Å². The summed E-state index contributed by atoms with van der Waals surface area (Å²) < 4.78 is 6.15. The molecule has 1 atom stereocenters. The minimum absolute atomic E-state index is 0.133. The van der Waals surface area contributed by atoms with Crippen molar-refractivity contribution in [2.24, 2.45) is 0 Å². The van der Waals surface area contributed by atoms with Crippen molar-refractivity contribution >= 4 is 40.4 Å². The molecule has 1 heterocycles. The van der Waals surface area contributed by atoms with E-state index in [0.717, 1.165) is 28.1 Å². The van der Waals surface area contributed by atoms with Gasteiger partial charge in [-0.2, -0.15) is 0 Å². The lowest BCUT2D eigenvalue weighted by Crippen LogP contribution is -2.29. The normalized spacial score (nSPS) is 16.1. The Morgan fingerprint density at radius 2 is 1.53 bits per heavy atom. The van der Waals surface area contributed by atoms with Crippen molar-refractivity contribution in [3.63, 3.8) is 0 Å². The molecule has 0 N–H and O–H groups in total. The van der Waals surface area contributed by atoms with Crippen molar-refractivity contribution in [2.75, 3.05) is 7.05 Å². The van der Waals surface area contributed by atoms with E-state index in [1.54, 1.807) is 6.07 Å². The molecule has 152 valence electrons. The van der Waals surface area contributed by atoms with E-state index in [9.17, 15) is 0 Å².